The second-order valence-electron chi connectivity index (χ2n) is 8.39. The summed E-state index contributed by atoms with van der Waals surface area (Å²) in [5, 5.41) is 2.97. The van der Waals surface area contributed by atoms with Crippen LogP contribution in [0.25, 0.3) is 0 Å². The van der Waals surface area contributed by atoms with E-state index in [1.54, 1.807) is 48.8 Å². The highest BCUT2D eigenvalue weighted by Crippen LogP contribution is 2.38. The van der Waals surface area contributed by atoms with Crippen LogP contribution in [-0.2, 0) is 14.4 Å². The Kier molecular flexibility index (Phi) is 7.00. The van der Waals surface area contributed by atoms with Gasteiger partial charge in [-0.1, -0.05) is 30.0 Å². The molecule has 8 heteroatoms. The van der Waals surface area contributed by atoms with Crippen molar-refractivity contribution in [3.8, 4) is 5.75 Å². The first-order valence-corrected chi connectivity index (χ1v) is 11.0. The van der Waals surface area contributed by atoms with Gasteiger partial charge in [-0.25, -0.2) is 0 Å². The predicted octanol–water partition coefficient (Wildman–Crippen LogP) is 3.36. The van der Waals surface area contributed by atoms with Gasteiger partial charge < -0.3 is 10.1 Å². The van der Waals surface area contributed by atoms with E-state index >= 15 is 0 Å². The number of methoxy groups -OCH3 is 1. The Morgan fingerprint density at radius 1 is 1.23 bits per heavy atom. The highest BCUT2D eigenvalue weighted by Gasteiger charge is 2.40. The van der Waals surface area contributed by atoms with Crippen molar-refractivity contribution in [3.63, 3.8) is 0 Å². The maximum absolute atomic E-state index is 13.7. The molecule has 1 aromatic heterocycles. The molecule has 2 atom stereocenters. The second kappa shape index (κ2) is 9.51. The zero-order valence-corrected chi connectivity index (χ0v) is 18.9. The number of ether oxygens (including phenoxy) is 1. The van der Waals surface area contributed by atoms with E-state index < -0.39 is 17.5 Å². The number of pyridine rings is 1. The molecule has 0 aliphatic carbocycles. The van der Waals surface area contributed by atoms with Crippen molar-refractivity contribution in [1.29, 1.82) is 0 Å². The Balaban J connectivity index is 2.16. The summed E-state index contributed by atoms with van der Waals surface area (Å²) in [6.07, 6.45) is 3.34. The molecule has 1 fully saturated rings. The number of nitrogens with zero attached hydrogens (tertiary/aromatic N) is 2. The highest BCUT2D eigenvalue weighted by molar-refractivity contribution is 8.14. The molecule has 164 valence electrons. The second-order valence-corrected chi connectivity index (χ2v) is 9.47. The SMILES string of the molecule is COc1ccccc1N(C(=O)[C@H]1CSC(=O)C1)[C@@H](C(=O)NC(C)(C)C)c1cccnc1. The first-order chi connectivity index (χ1) is 14.7. The van der Waals surface area contributed by atoms with E-state index in [1.807, 2.05) is 20.8 Å². The van der Waals surface area contributed by atoms with Gasteiger partial charge in [0.2, 0.25) is 11.8 Å². The Bertz CT molecular complexity index is 959. The fourth-order valence-corrected chi connectivity index (χ4v) is 4.44. The Morgan fingerprint density at radius 3 is 2.55 bits per heavy atom. The van der Waals surface area contributed by atoms with Gasteiger partial charge in [0.1, 0.15) is 11.8 Å². The standard InChI is InChI=1S/C23H27N3O4S/c1-23(2,3)25-21(28)20(15-8-7-11-24-13-15)26(17-9-5-6-10-18(17)30-4)22(29)16-12-19(27)31-14-16/h5-11,13,16,20H,12,14H2,1-4H3,(H,25,28)/t16-,20-/m1/s1. The van der Waals surface area contributed by atoms with Gasteiger partial charge in [0, 0.05) is 35.7 Å². The number of thioether (sulfide) groups is 1. The lowest BCUT2D eigenvalue weighted by atomic mass is 9.99. The third-order valence-electron chi connectivity index (χ3n) is 4.79. The number of carbonyl (C=O) groups excluding carboxylic acids is 3. The highest BCUT2D eigenvalue weighted by atomic mass is 32.2. The summed E-state index contributed by atoms with van der Waals surface area (Å²) < 4.78 is 5.51. The molecule has 1 aromatic carbocycles. The van der Waals surface area contributed by atoms with Crippen LogP contribution in [0.2, 0.25) is 0 Å². The first-order valence-electron chi connectivity index (χ1n) is 10.0. The molecule has 3 rings (SSSR count). The molecule has 1 N–H and O–H groups in total. The third-order valence-corrected chi connectivity index (χ3v) is 5.85. The maximum atomic E-state index is 13.7. The number of benzene rings is 1. The maximum Gasteiger partial charge on any atom is 0.248 e. The van der Waals surface area contributed by atoms with Gasteiger partial charge in [0.25, 0.3) is 0 Å². The summed E-state index contributed by atoms with van der Waals surface area (Å²) in [6, 6.07) is 9.59. The molecule has 0 saturated carbocycles. The van der Waals surface area contributed by atoms with Crippen LogP contribution in [-0.4, -0.2) is 40.3 Å². The molecular formula is C23H27N3O4S. The van der Waals surface area contributed by atoms with E-state index in [-0.39, 0.29) is 23.4 Å². The minimum absolute atomic E-state index is 0.0182. The normalized spacial score (nSPS) is 17.2. The van der Waals surface area contributed by atoms with Crippen molar-refractivity contribution < 1.29 is 19.1 Å². The number of hydrogen-bond acceptors (Lipinski definition) is 6. The van der Waals surface area contributed by atoms with Crippen LogP contribution in [0.3, 0.4) is 0 Å². The van der Waals surface area contributed by atoms with E-state index in [0.29, 0.717) is 22.8 Å². The fourth-order valence-electron chi connectivity index (χ4n) is 3.48. The number of para-hydroxylation sites is 2. The Labute approximate surface area is 186 Å². The van der Waals surface area contributed by atoms with Crippen LogP contribution in [0.5, 0.6) is 5.75 Å². The number of anilines is 1. The number of carbonyl (C=O) groups is 3. The van der Waals surface area contributed by atoms with Gasteiger partial charge in [0.05, 0.1) is 18.7 Å². The largest absolute Gasteiger partial charge is 0.495 e. The van der Waals surface area contributed by atoms with Crippen molar-refractivity contribution in [3.05, 3.63) is 54.4 Å². The zero-order valence-electron chi connectivity index (χ0n) is 18.1. The minimum atomic E-state index is -0.975. The lowest BCUT2D eigenvalue weighted by Gasteiger charge is -2.35. The summed E-state index contributed by atoms with van der Waals surface area (Å²) in [5.41, 5.74) is 0.532. The quantitative estimate of drug-likeness (QED) is 0.740. The molecule has 0 spiro atoms. The van der Waals surface area contributed by atoms with Gasteiger partial charge in [-0.05, 0) is 39.0 Å². The van der Waals surface area contributed by atoms with Gasteiger partial charge in [0.15, 0.2) is 5.12 Å². The molecule has 2 aromatic rings. The number of hydrogen-bond donors (Lipinski definition) is 1. The van der Waals surface area contributed by atoms with Crippen LogP contribution in [0, 0.1) is 5.92 Å². The van der Waals surface area contributed by atoms with Gasteiger partial charge >= 0.3 is 0 Å². The van der Waals surface area contributed by atoms with Crippen LogP contribution in [0.1, 0.15) is 38.8 Å². The Morgan fingerprint density at radius 2 is 1.97 bits per heavy atom. The minimum Gasteiger partial charge on any atom is -0.495 e. The fraction of sp³-hybridized carbons (Fsp3) is 0.391. The van der Waals surface area contributed by atoms with Crippen LogP contribution in [0.15, 0.2) is 48.8 Å². The Hall–Kier alpha value is -2.87. The van der Waals surface area contributed by atoms with Gasteiger partial charge in [-0.15, -0.1) is 0 Å². The molecule has 31 heavy (non-hydrogen) atoms. The third kappa shape index (κ3) is 5.44. The molecule has 1 saturated heterocycles. The monoisotopic (exact) mass is 441 g/mol. The summed E-state index contributed by atoms with van der Waals surface area (Å²) in [7, 11) is 1.52. The molecule has 0 radical (unpaired) electrons. The molecule has 2 amide bonds. The first kappa shape index (κ1) is 22.8. The number of rotatable bonds is 6. The van der Waals surface area contributed by atoms with Gasteiger partial charge in [-0.2, -0.15) is 0 Å². The summed E-state index contributed by atoms with van der Waals surface area (Å²) in [5.74, 6) is -0.281. The smallest absolute Gasteiger partial charge is 0.248 e. The molecule has 0 unspecified atom stereocenters. The molecule has 2 heterocycles. The topological polar surface area (TPSA) is 88.6 Å². The van der Waals surface area contributed by atoms with Crippen molar-refractivity contribution in [1.82, 2.24) is 10.3 Å². The molecule has 1 aliphatic rings. The molecule has 7 nitrogen and oxygen atoms in total. The summed E-state index contributed by atoms with van der Waals surface area (Å²) >= 11 is 1.15. The van der Waals surface area contributed by atoms with E-state index in [9.17, 15) is 14.4 Å². The average Bonchev–Trinajstić information content (AvgIpc) is 3.17. The number of amides is 2. The van der Waals surface area contributed by atoms with Crippen molar-refractivity contribution in [2.24, 2.45) is 5.92 Å². The van der Waals surface area contributed by atoms with E-state index in [1.165, 1.54) is 12.0 Å². The van der Waals surface area contributed by atoms with Crippen molar-refractivity contribution in [2.75, 3.05) is 17.8 Å². The van der Waals surface area contributed by atoms with E-state index in [2.05, 4.69) is 10.3 Å². The molecule has 0 bridgehead atoms. The number of aromatic nitrogens is 1. The van der Waals surface area contributed by atoms with Crippen LogP contribution in [0.4, 0.5) is 5.69 Å². The van der Waals surface area contributed by atoms with Crippen molar-refractivity contribution in [2.45, 2.75) is 38.8 Å². The molecule has 1 aliphatic heterocycles. The average molecular weight is 442 g/mol. The van der Waals surface area contributed by atoms with Crippen molar-refractivity contribution >= 4 is 34.4 Å². The summed E-state index contributed by atoms with van der Waals surface area (Å²) in [6.45, 7) is 5.65. The lowest BCUT2D eigenvalue weighted by Crippen LogP contribution is -2.50. The summed E-state index contributed by atoms with van der Waals surface area (Å²) in [4.78, 5) is 44.8. The van der Waals surface area contributed by atoms with Gasteiger partial charge in [-0.3, -0.25) is 24.3 Å². The van der Waals surface area contributed by atoms with Crippen LogP contribution < -0.4 is 15.0 Å². The zero-order chi connectivity index (χ0) is 22.6. The number of nitrogens with one attached hydrogen (secondary N) is 1. The van der Waals surface area contributed by atoms with Crippen LogP contribution >= 0.6 is 11.8 Å². The van der Waals surface area contributed by atoms with E-state index in [4.69, 9.17) is 4.74 Å². The molecular weight excluding hydrogens is 414 g/mol. The van der Waals surface area contributed by atoms with E-state index in [0.717, 1.165) is 11.8 Å². The lowest BCUT2D eigenvalue weighted by molar-refractivity contribution is -0.129. The predicted molar refractivity (Wildman–Crippen MR) is 121 cm³/mol.